The predicted molar refractivity (Wildman–Crippen MR) is 100 cm³/mol. The van der Waals surface area contributed by atoms with Crippen molar-refractivity contribution in [2.45, 2.75) is 25.8 Å². The molecule has 5 nitrogen and oxygen atoms in total. The number of rotatable bonds is 6. The number of hydrogen-bond donors (Lipinski definition) is 3. The molecule has 1 amide bonds. The molecule has 3 rings (SSSR count). The number of aliphatic hydroxyl groups is 1. The van der Waals surface area contributed by atoms with Crippen molar-refractivity contribution in [2.75, 3.05) is 16.9 Å². The lowest BCUT2D eigenvalue weighted by Crippen LogP contribution is -2.37. The molecule has 1 aliphatic rings. The van der Waals surface area contributed by atoms with Crippen molar-refractivity contribution in [1.29, 1.82) is 0 Å². The highest BCUT2D eigenvalue weighted by Crippen LogP contribution is 2.24. The van der Waals surface area contributed by atoms with Gasteiger partial charge in [0, 0.05) is 18.5 Å². The summed E-state index contributed by atoms with van der Waals surface area (Å²) in [6.07, 6.45) is 3.14. The first-order valence-corrected chi connectivity index (χ1v) is 8.55. The molecule has 25 heavy (non-hydrogen) atoms. The Labute approximate surface area is 147 Å². The normalized spacial score (nSPS) is 18.8. The first-order chi connectivity index (χ1) is 12.2. The van der Waals surface area contributed by atoms with Gasteiger partial charge >= 0.3 is 0 Å². The van der Waals surface area contributed by atoms with Crippen LogP contribution in [0, 0.1) is 0 Å². The molecular weight excluding hydrogens is 314 g/mol. The molecule has 0 saturated carbocycles. The number of nitrogens with zero attached hydrogens (tertiary/aromatic N) is 1. The Balaban J connectivity index is 1.86. The number of aryl methyl sites for hydroxylation is 1. The summed E-state index contributed by atoms with van der Waals surface area (Å²) in [4.78, 5) is 12.8. The van der Waals surface area contributed by atoms with Gasteiger partial charge in [-0.15, -0.1) is 0 Å². The van der Waals surface area contributed by atoms with Crippen molar-refractivity contribution in [2.24, 2.45) is 0 Å². The van der Waals surface area contributed by atoms with Gasteiger partial charge in [-0.25, -0.2) is 10.4 Å². The van der Waals surface area contributed by atoms with E-state index in [-0.39, 0.29) is 18.6 Å². The molecule has 0 radical (unpaired) electrons. The van der Waals surface area contributed by atoms with Gasteiger partial charge in [-0.1, -0.05) is 43.3 Å². The molecule has 0 bridgehead atoms. The van der Waals surface area contributed by atoms with Gasteiger partial charge in [0.15, 0.2) is 0 Å². The highest BCUT2D eigenvalue weighted by Gasteiger charge is 2.35. The maximum atomic E-state index is 12.8. The lowest BCUT2D eigenvalue weighted by molar-refractivity contribution is -0.114. The first kappa shape index (κ1) is 17.2. The van der Waals surface area contributed by atoms with Crippen LogP contribution in [0.5, 0.6) is 0 Å². The number of carbonyl (C=O) groups is 1. The summed E-state index contributed by atoms with van der Waals surface area (Å²) in [5.41, 5.74) is 6.77. The molecule has 0 aromatic heterocycles. The number of nitrogens with one attached hydrogen (secondary N) is 2. The minimum absolute atomic E-state index is 0.0104. The van der Waals surface area contributed by atoms with Crippen LogP contribution < -0.4 is 15.8 Å². The zero-order valence-electron chi connectivity index (χ0n) is 14.3. The molecule has 1 heterocycles. The number of carbonyl (C=O) groups excluding carboxylic acids is 1. The first-order valence-electron chi connectivity index (χ1n) is 8.55. The van der Waals surface area contributed by atoms with Gasteiger partial charge in [-0.3, -0.25) is 4.79 Å². The standard InChI is InChI=1S/C20H23N3O2/c1-2-15-8-6-7-11-18(15)21-14-17-19(12-13-24)22-23(20(17)25)16-9-4-3-5-10-16/h3-11,14,19,21-22,24H,2,12-13H2,1H3. The van der Waals surface area contributed by atoms with Crippen LogP contribution >= 0.6 is 0 Å². The Morgan fingerprint density at radius 1 is 1.16 bits per heavy atom. The van der Waals surface area contributed by atoms with Gasteiger partial charge in [0.05, 0.1) is 17.3 Å². The summed E-state index contributed by atoms with van der Waals surface area (Å²) in [5, 5.41) is 14.1. The lowest BCUT2D eigenvalue weighted by Gasteiger charge is -2.16. The molecular formula is C20H23N3O2. The average molecular weight is 337 g/mol. The van der Waals surface area contributed by atoms with E-state index in [9.17, 15) is 9.90 Å². The topological polar surface area (TPSA) is 64.6 Å². The molecule has 0 aliphatic carbocycles. The molecule has 1 aliphatic heterocycles. The van der Waals surface area contributed by atoms with Crippen LogP contribution in [0.15, 0.2) is 66.4 Å². The second-order valence-corrected chi connectivity index (χ2v) is 5.92. The summed E-state index contributed by atoms with van der Waals surface area (Å²) in [5.74, 6) is -0.105. The summed E-state index contributed by atoms with van der Waals surface area (Å²) in [6.45, 7) is 2.11. The van der Waals surface area contributed by atoms with Crippen molar-refractivity contribution in [3.8, 4) is 0 Å². The molecule has 5 heteroatoms. The largest absolute Gasteiger partial charge is 0.396 e. The predicted octanol–water partition coefficient (Wildman–Crippen LogP) is 2.85. The van der Waals surface area contributed by atoms with E-state index in [0.717, 1.165) is 17.8 Å². The second kappa shape index (κ2) is 7.96. The van der Waals surface area contributed by atoms with E-state index >= 15 is 0 Å². The fourth-order valence-electron chi connectivity index (χ4n) is 2.97. The fraction of sp³-hybridized carbons (Fsp3) is 0.250. The Morgan fingerprint density at radius 2 is 1.88 bits per heavy atom. The number of hydrazine groups is 1. The average Bonchev–Trinajstić information content (AvgIpc) is 2.97. The molecule has 2 aromatic rings. The quantitative estimate of drug-likeness (QED) is 0.709. The number of aliphatic hydroxyl groups excluding tert-OH is 1. The van der Waals surface area contributed by atoms with E-state index in [0.29, 0.717) is 12.0 Å². The van der Waals surface area contributed by atoms with Crippen LogP contribution in [0.25, 0.3) is 0 Å². The van der Waals surface area contributed by atoms with Crippen LogP contribution in [-0.2, 0) is 11.2 Å². The summed E-state index contributed by atoms with van der Waals surface area (Å²) < 4.78 is 0. The van der Waals surface area contributed by atoms with Crippen molar-refractivity contribution in [1.82, 2.24) is 5.43 Å². The van der Waals surface area contributed by atoms with E-state index in [2.05, 4.69) is 23.7 Å². The monoisotopic (exact) mass is 337 g/mol. The van der Waals surface area contributed by atoms with Crippen LogP contribution in [0.2, 0.25) is 0 Å². The van der Waals surface area contributed by atoms with Crippen LogP contribution in [-0.4, -0.2) is 23.7 Å². The van der Waals surface area contributed by atoms with E-state index in [1.807, 2.05) is 48.5 Å². The summed E-state index contributed by atoms with van der Waals surface area (Å²) >= 11 is 0. The number of benzene rings is 2. The molecule has 1 fully saturated rings. The van der Waals surface area contributed by atoms with Gasteiger partial charge in [-0.2, -0.15) is 0 Å². The van der Waals surface area contributed by atoms with Crippen LogP contribution in [0.4, 0.5) is 11.4 Å². The van der Waals surface area contributed by atoms with Crippen molar-refractivity contribution in [3.63, 3.8) is 0 Å². The van der Waals surface area contributed by atoms with Crippen LogP contribution in [0.3, 0.4) is 0 Å². The third-order valence-corrected chi connectivity index (χ3v) is 4.32. The number of para-hydroxylation sites is 2. The maximum Gasteiger partial charge on any atom is 0.271 e. The molecule has 1 saturated heterocycles. The van der Waals surface area contributed by atoms with Gasteiger partial charge < -0.3 is 10.4 Å². The van der Waals surface area contributed by atoms with E-state index < -0.39 is 0 Å². The molecule has 2 aromatic carbocycles. The smallest absolute Gasteiger partial charge is 0.271 e. The Bertz CT molecular complexity index is 759. The number of hydrogen-bond acceptors (Lipinski definition) is 4. The Morgan fingerprint density at radius 3 is 2.60 bits per heavy atom. The Kier molecular flexibility index (Phi) is 5.48. The highest BCUT2D eigenvalue weighted by molar-refractivity contribution is 6.08. The molecule has 3 N–H and O–H groups in total. The zero-order chi connectivity index (χ0) is 17.6. The summed E-state index contributed by atoms with van der Waals surface area (Å²) in [7, 11) is 0. The molecule has 130 valence electrons. The highest BCUT2D eigenvalue weighted by atomic mass is 16.3. The third-order valence-electron chi connectivity index (χ3n) is 4.32. The fourth-order valence-corrected chi connectivity index (χ4v) is 2.97. The van der Waals surface area contributed by atoms with Crippen molar-refractivity contribution >= 4 is 17.3 Å². The summed E-state index contributed by atoms with van der Waals surface area (Å²) in [6, 6.07) is 17.3. The number of amides is 1. The van der Waals surface area contributed by atoms with Gasteiger partial charge in [-0.05, 0) is 36.6 Å². The van der Waals surface area contributed by atoms with E-state index in [1.165, 1.54) is 5.56 Å². The second-order valence-electron chi connectivity index (χ2n) is 5.92. The molecule has 1 atom stereocenters. The maximum absolute atomic E-state index is 12.8. The van der Waals surface area contributed by atoms with Crippen molar-refractivity contribution < 1.29 is 9.90 Å². The minimum atomic E-state index is -0.223. The zero-order valence-corrected chi connectivity index (χ0v) is 14.3. The van der Waals surface area contributed by atoms with Gasteiger partial charge in [0.2, 0.25) is 0 Å². The van der Waals surface area contributed by atoms with E-state index in [1.54, 1.807) is 11.2 Å². The molecule has 1 unspecified atom stereocenters. The Hall–Kier alpha value is -2.63. The van der Waals surface area contributed by atoms with E-state index in [4.69, 9.17) is 0 Å². The van der Waals surface area contributed by atoms with Crippen molar-refractivity contribution in [3.05, 3.63) is 71.9 Å². The van der Waals surface area contributed by atoms with Gasteiger partial charge in [0.25, 0.3) is 5.91 Å². The minimum Gasteiger partial charge on any atom is -0.396 e. The van der Waals surface area contributed by atoms with Gasteiger partial charge in [0.1, 0.15) is 0 Å². The lowest BCUT2D eigenvalue weighted by atomic mass is 10.1. The van der Waals surface area contributed by atoms with Crippen LogP contribution in [0.1, 0.15) is 18.9 Å². The SMILES string of the molecule is CCc1ccccc1NC=C1C(=O)N(c2ccccc2)NC1CCO. The third kappa shape index (κ3) is 3.73. The molecule has 0 spiro atoms. The number of anilines is 2.